The maximum Gasteiger partial charge on any atom is 0.270 e. The van der Waals surface area contributed by atoms with Crippen molar-refractivity contribution in [1.29, 1.82) is 0 Å². The number of aromatic nitrogens is 3. The molecule has 1 amide bonds. The number of rotatable bonds is 5. The van der Waals surface area contributed by atoms with Gasteiger partial charge in [0.1, 0.15) is 5.69 Å². The summed E-state index contributed by atoms with van der Waals surface area (Å²) in [6.45, 7) is 0.395. The van der Waals surface area contributed by atoms with Crippen LogP contribution in [0.5, 0.6) is 0 Å². The summed E-state index contributed by atoms with van der Waals surface area (Å²) in [6, 6.07) is 12.9. The van der Waals surface area contributed by atoms with E-state index in [9.17, 15) is 4.79 Å². The van der Waals surface area contributed by atoms with Crippen LogP contribution in [0.15, 0.2) is 65.5 Å². The molecular formula is C17H14BrN5O. The average Bonchev–Trinajstić information content (AvgIpc) is 2.63. The minimum Gasteiger partial charge on any atom is -0.347 e. The predicted molar refractivity (Wildman–Crippen MR) is 94.9 cm³/mol. The molecule has 3 aromatic rings. The van der Waals surface area contributed by atoms with Crippen LogP contribution in [0.2, 0.25) is 0 Å². The Hall–Kier alpha value is -2.80. The molecule has 0 bridgehead atoms. The van der Waals surface area contributed by atoms with Gasteiger partial charge in [0.25, 0.3) is 5.91 Å². The molecule has 0 fully saturated rings. The van der Waals surface area contributed by atoms with Crippen LogP contribution in [-0.4, -0.2) is 20.9 Å². The van der Waals surface area contributed by atoms with Crippen LogP contribution in [-0.2, 0) is 6.54 Å². The molecule has 2 heterocycles. The van der Waals surface area contributed by atoms with Gasteiger partial charge in [-0.15, -0.1) is 0 Å². The fourth-order valence-electron chi connectivity index (χ4n) is 1.98. The lowest BCUT2D eigenvalue weighted by Gasteiger charge is -2.07. The van der Waals surface area contributed by atoms with Crippen LogP contribution in [0.1, 0.15) is 16.1 Å². The molecule has 2 aromatic heterocycles. The largest absolute Gasteiger partial charge is 0.347 e. The SMILES string of the molecule is O=C(NCc1cccnc1)c1ccnc(Nc2ccc(Br)cc2)n1. The third kappa shape index (κ3) is 4.36. The minimum absolute atomic E-state index is 0.264. The number of anilines is 2. The summed E-state index contributed by atoms with van der Waals surface area (Å²) < 4.78 is 0.984. The van der Waals surface area contributed by atoms with Gasteiger partial charge in [0, 0.05) is 35.3 Å². The van der Waals surface area contributed by atoms with Crippen molar-refractivity contribution in [3.05, 3.63) is 76.8 Å². The number of halogens is 1. The molecule has 120 valence electrons. The Labute approximate surface area is 147 Å². The summed E-state index contributed by atoms with van der Waals surface area (Å²) in [4.78, 5) is 24.6. The standard InChI is InChI=1S/C17H14BrN5O/c18-13-3-5-14(6-4-13)22-17-20-9-7-15(23-17)16(24)21-11-12-2-1-8-19-10-12/h1-10H,11H2,(H,21,24)(H,20,22,23). The molecule has 1 aromatic carbocycles. The Morgan fingerprint density at radius 3 is 2.67 bits per heavy atom. The third-order valence-corrected chi connectivity index (χ3v) is 3.69. The van der Waals surface area contributed by atoms with E-state index >= 15 is 0 Å². The number of benzene rings is 1. The van der Waals surface area contributed by atoms with Gasteiger partial charge in [-0.05, 0) is 42.0 Å². The molecule has 0 aliphatic carbocycles. The third-order valence-electron chi connectivity index (χ3n) is 3.16. The first-order chi connectivity index (χ1) is 11.7. The van der Waals surface area contributed by atoms with Crippen molar-refractivity contribution in [2.24, 2.45) is 0 Å². The smallest absolute Gasteiger partial charge is 0.270 e. The number of nitrogens with one attached hydrogen (secondary N) is 2. The van der Waals surface area contributed by atoms with Gasteiger partial charge < -0.3 is 10.6 Å². The van der Waals surface area contributed by atoms with Gasteiger partial charge >= 0.3 is 0 Å². The zero-order chi connectivity index (χ0) is 16.8. The highest BCUT2D eigenvalue weighted by Gasteiger charge is 2.09. The topological polar surface area (TPSA) is 79.8 Å². The number of hydrogen-bond acceptors (Lipinski definition) is 5. The molecule has 0 radical (unpaired) electrons. The van der Waals surface area contributed by atoms with Crippen molar-refractivity contribution in [2.45, 2.75) is 6.54 Å². The molecule has 0 spiro atoms. The predicted octanol–water partition coefficient (Wildman–Crippen LogP) is 3.31. The van der Waals surface area contributed by atoms with Gasteiger partial charge in [0.05, 0.1) is 0 Å². The summed E-state index contributed by atoms with van der Waals surface area (Å²) in [5.41, 5.74) is 2.06. The summed E-state index contributed by atoms with van der Waals surface area (Å²) in [5, 5.41) is 5.88. The van der Waals surface area contributed by atoms with Crippen LogP contribution in [0.25, 0.3) is 0 Å². The lowest BCUT2D eigenvalue weighted by molar-refractivity contribution is 0.0946. The Balaban J connectivity index is 1.65. The monoisotopic (exact) mass is 383 g/mol. The number of carbonyl (C=O) groups is 1. The van der Waals surface area contributed by atoms with Crippen molar-refractivity contribution >= 4 is 33.5 Å². The fourth-order valence-corrected chi connectivity index (χ4v) is 2.25. The molecule has 0 saturated heterocycles. The number of amides is 1. The summed E-state index contributed by atoms with van der Waals surface area (Å²) in [6.07, 6.45) is 4.95. The normalized spacial score (nSPS) is 10.2. The fraction of sp³-hybridized carbons (Fsp3) is 0.0588. The lowest BCUT2D eigenvalue weighted by atomic mass is 10.3. The summed E-state index contributed by atoms with van der Waals surface area (Å²) in [7, 11) is 0. The van der Waals surface area contributed by atoms with E-state index < -0.39 is 0 Å². The molecule has 6 nitrogen and oxygen atoms in total. The van der Waals surface area contributed by atoms with E-state index in [4.69, 9.17) is 0 Å². The molecular weight excluding hydrogens is 370 g/mol. The molecule has 7 heteroatoms. The van der Waals surface area contributed by atoms with Gasteiger partial charge in [-0.1, -0.05) is 22.0 Å². The first kappa shape index (κ1) is 16.1. The average molecular weight is 384 g/mol. The molecule has 0 atom stereocenters. The highest BCUT2D eigenvalue weighted by molar-refractivity contribution is 9.10. The van der Waals surface area contributed by atoms with Gasteiger partial charge in [0.2, 0.25) is 5.95 Å². The minimum atomic E-state index is -0.264. The van der Waals surface area contributed by atoms with Crippen LogP contribution in [0.3, 0.4) is 0 Å². The highest BCUT2D eigenvalue weighted by Crippen LogP contribution is 2.17. The van der Waals surface area contributed by atoms with Crippen molar-refractivity contribution in [2.75, 3.05) is 5.32 Å². The maximum atomic E-state index is 12.2. The number of carbonyl (C=O) groups excluding carboxylic acids is 1. The summed E-state index contributed by atoms with van der Waals surface area (Å²) in [5.74, 6) is 0.103. The molecule has 0 unspecified atom stereocenters. The molecule has 2 N–H and O–H groups in total. The van der Waals surface area contributed by atoms with Crippen LogP contribution >= 0.6 is 15.9 Å². The molecule has 3 rings (SSSR count). The Bertz CT molecular complexity index is 824. The second-order valence-electron chi connectivity index (χ2n) is 4.94. The number of hydrogen-bond donors (Lipinski definition) is 2. The second-order valence-corrected chi connectivity index (χ2v) is 5.86. The van der Waals surface area contributed by atoms with Crippen molar-refractivity contribution in [3.8, 4) is 0 Å². The molecule has 0 aliphatic heterocycles. The summed E-state index contributed by atoms with van der Waals surface area (Å²) >= 11 is 3.38. The molecule has 0 aliphatic rings. The van der Waals surface area contributed by atoms with E-state index in [1.54, 1.807) is 24.7 Å². The van der Waals surface area contributed by atoms with E-state index in [0.29, 0.717) is 18.2 Å². The first-order valence-electron chi connectivity index (χ1n) is 7.23. The molecule has 24 heavy (non-hydrogen) atoms. The van der Waals surface area contributed by atoms with Crippen molar-refractivity contribution < 1.29 is 4.79 Å². The zero-order valence-electron chi connectivity index (χ0n) is 12.6. The van der Waals surface area contributed by atoms with Crippen molar-refractivity contribution in [3.63, 3.8) is 0 Å². The second kappa shape index (κ2) is 7.65. The van der Waals surface area contributed by atoms with Gasteiger partial charge in [-0.25, -0.2) is 9.97 Å². The Morgan fingerprint density at radius 2 is 1.92 bits per heavy atom. The van der Waals surface area contributed by atoms with E-state index in [1.807, 2.05) is 36.4 Å². The van der Waals surface area contributed by atoms with Crippen LogP contribution in [0.4, 0.5) is 11.6 Å². The van der Waals surface area contributed by atoms with E-state index in [0.717, 1.165) is 15.7 Å². The first-order valence-corrected chi connectivity index (χ1v) is 8.03. The van der Waals surface area contributed by atoms with Gasteiger partial charge in [-0.2, -0.15) is 0 Å². The quantitative estimate of drug-likeness (QED) is 0.706. The van der Waals surface area contributed by atoms with Crippen molar-refractivity contribution in [1.82, 2.24) is 20.3 Å². The lowest BCUT2D eigenvalue weighted by Crippen LogP contribution is -2.24. The van der Waals surface area contributed by atoms with Crippen LogP contribution in [0, 0.1) is 0 Å². The highest BCUT2D eigenvalue weighted by atomic mass is 79.9. The number of pyridine rings is 1. The number of nitrogens with zero attached hydrogens (tertiary/aromatic N) is 3. The van der Waals surface area contributed by atoms with Gasteiger partial charge in [-0.3, -0.25) is 9.78 Å². The molecule has 0 saturated carbocycles. The maximum absolute atomic E-state index is 12.2. The Kier molecular flexibility index (Phi) is 5.12. The van der Waals surface area contributed by atoms with E-state index in [1.165, 1.54) is 0 Å². The van der Waals surface area contributed by atoms with Crippen LogP contribution < -0.4 is 10.6 Å². The zero-order valence-corrected chi connectivity index (χ0v) is 14.2. The Morgan fingerprint density at radius 1 is 1.08 bits per heavy atom. The van der Waals surface area contributed by atoms with E-state index in [-0.39, 0.29) is 5.91 Å². The van der Waals surface area contributed by atoms with E-state index in [2.05, 4.69) is 41.5 Å². The van der Waals surface area contributed by atoms with Gasteiger partial charge in [0.15, 0.2) is 0 Å².